The monoisotopic (exact) mass is 444 g/mol. The van der Waals surface area contributed by atoms with E-state index >= 15 is 0 Å². The van der Waals surface area contributed by atoms with E-state index in [9.17, 15) is 9.59 Å². The molecule has 1 aromatic carbocycles. The highest BCUT2D eigenvalue weighted by molar-refractivity contribution is 5.97. The zero-order chi connectivity index (χ0) is 21.9. The molecule has 0 spiro atoms. The Balaban J connectivity index is 1.12. The van der Waals surface area contributed by atoms with Gasteiger partial charge in [0.1, 0.15) is 0 Å². The maximum atomic E-state index is 12.9. The summed E-state index contributed by atoms with van der Waals surface area (Å²) >= 11 is 0. The molecule has 0 aliphatic carbocycles. The van der Waals surface area contributed by atoms with Crippen LogP contribution in [0.1, 0.15) is 46.4 Å². The Kier molecular flexibility index (Phi) is 6.73. The van der Waals surface area contributed by atoms with E-state index in [1.165, 1.54) is 0 Å². The normalized spacial score (nSPS) is 24.4. The largest absolute Gasteiger partial charge is 0.350 e. The van der Waals surface area contributed by atoms with E-state index < -0.39 is 0 Å². The van der Waals surface area contributed by atoms with Crippen LogP contribution in [-0.4, -0.2) is 86.8 Å². The van der Waals surface area contributed by atoms with Crippen molar-refractivity contribution in [1.29, 1.82) is 0 Å². The first-order chi connectivity index (χ1) is 15.7. The number of carbonyl (C=O) groups excluding carboxylic acids is 2. The number of likely N-dealkylation sites (tertiary alicyclic amines) is 2. The van der Waals surface area contributed by atoms with Crippen molar-refractivity contribution >= 4 is 11.8 Å². The molecule has 174 valence electrons. The smallest absolute Gasteiger partial charge is 0.253 e. The molecule has 8 heteroatoms. The Bertz CT molecular complexity index is 720. The molecule has 0 bridgehead atoms. The van der Waals surface area contributed by atoms with Crippen LogP contribution in [0.4, 0.5) is 0 Å². The van der Waals surface area contributed by atoms with Gasteiger partial charge in [-0.25, -0.2) is 0 Å². The van der Waals surface area contributed by atoms with E-state index in [0.717, 1.165) is 25.7 Å². The summed E-state index contributed by atoms with van der Waals surface area (Å²) in [4.78, 5) is 29.6. The number of rotatable bonds is 4. The van der Waals surface area contributed by atoms with Crippen molar-refractivity contribution in [2.75, 3.05) is 52.6 Å². The highest BCUT2D eigenvalue weighted by Crippen LogP contribution is 2.28. The molecule has 4 fully saturated rings. The summed E-state index contributed by atoms with van der Waals surface area (Å²) < 4.78 is 22.5. The number of ether oxygens (including phenoxy) is 4. The van der Waals surface area contributed by atoms with Gasteiger partial charge in [-0.05, 0) is 49.9 Å². The van der Waals surface area contributed by atoms with Gasteiger partial charge in [-0.1, -0.05) is 0 Å². The summed E-state index contributed by atoms with van der Waals surface area (Å²) in [5.41, 5.74) is 1.25. The molecule has 5 rings (SSSR count). The van der Waals surface area contributed by atoms with Gasteiger partial charge in [0.05, 0.1) is 26.4 Å². The van der Waals surface area contributed by atoms with E-state index in [1.807, 2.05) is 9.80 Å². The van der Waals surface area contributed by atoms with E-state index in [4.69, 9.17) is 18.9 Å². The molecule has 4 heterocycles. The van der Waals surface area contributed by atoms with Crippen molar-refractivity contribution in [1.82, 2.24) is 9.80 Å². The quantitative estimate of drug-likeness (QED) is 0.708. The lowest BCUT2D eigenvalue weighted by Crippen LogP contribution is -2.42. The molecule has 8 nitrogen and oxygen atoms in total. The SMILES string of the molecule is O=C(c1ccc(C(=O)N2CCC(C3OCCO3)CC2)cc1)N1CCC(C2OCCO2)CC1. The summed E-state index contributed by atoms with van der Waals surface area (Å²) in [7, 11) is 0. The second kappa shape index (κ2) is 9.87. The first-order valence-corrected chi connectivity index (χ1v) is 11.8. The molecule has 0 radical (unpaired) electrons. The second-order valence-corrected chi connectivity index (χ2v) is 9.06. The molecule has 32 heavy (non-hydrogen) atoms. The van der Waals surface area contributed by atoms with E-state index in [1.54, 1.807) is 24.3 Å². The van der Waals surface area contributed by atoms with Crippen molar-refractivity contribution in [2.24, 2.45) is 11.8 Å². The summed E-state index contributed by atoms with van der Waals surface area (Å²) in [5.74, 6) is 0.760. The molecule has 0 N–H and O–H groups in total. The number of benzene rings is 1. The molecule has 0 unspecified atom stereocenters. The molecule has 4 saturated heterocycles. The molecule has 0 saturated carbocycles. The third kappa shape index (κ3) is 4.69. The fourth-order valence-electron chi connectivity index (χ4n) is 5.17. The minimum absolute atomic E-state index is 0.0214. The predicted molar refractivity (Wildman–Crippen MR) is 115 cm³/mol. The molecular formula is C24H32N2O6. The average molecular weight is 445 g/mol. The van der Waals surface area contributed by atoms with Crippen LogP contribution in [0.3, 0.4) is 0 Å². The van der Waals surface area contributed by atoms with Crippen molar-refractivity contribution in [3.8, 4) is 0 Å². The maximum absolute atomic E-state index is 12.9. The third-order valence-electron chi connectivity index (χ3n) is 7.10. The minimum atomic E-state index is -0.110. The van der Waals surface area contributed by atoms with Crippen LogP contribution in [0.15, 0.2) is 24.3 Å². The number of amides is 2. The van der Waals surface area contributed by atoms with E-state index in [0.29, 0.717) is 75.6 Å². The van der Waals surface area contributed by atoms with Crippen LogP contribution in [0, 0.1) is 11.8 Å². The molecule has 1 aromatic rings. The topological polar surface area (TPSA) is 77.5 Å². The maximum Gasteiger partial charge on any atom is 0.253 e. The Morgan fingerprint density at radius 2 is 0.906 bits per heavy atom. The lowest BCUT2D eigenvalue weighted by molar-refractivity contribution is -0.0957. The van der Waals surface area contributed by atoms with Crippen LogP contribution >= 0.6 is 0 Å². The summed E-state index contributed by atoms with van der Waals surface area (Å²) in [6.45, 7) is 5.47. The number of hydrogen-bond acceptors (Lipinski definition) is 6. The first-order valence-electron chi connectivity index (χ1n) is 11.8. The van der Waals surface area contributed by atoms with Crippen LogP contribution in [0.5, 0.6) is 0 Å². The molecule has 2 amide bonds. The van der Waals surface area contributed by atoms with Gasteiger partial charge in [0.2, 0.25) is 0 Å². The lowest BCUT2D eigenvalue weighted by atomic mass is 9.95. The molecule has 0 atom stereocenters. The Morgan fingerprint density at radius 3 is 1.22 bits per heavy atom. The predicted octanol–water partition coefficient (Wildman–Crippen LogP) is 2.14. The molecule has 0 aromatic heterocycles. The van der Waals surface area contributed by atoms with Crippen LogP contribution in [-0.2, 0) is 18.9 Å². The van der Waals surface area contributed by atoms with Crippen LogP contribution < -0.4 is 0 Å². The van der Waals surface area contributed by atoms with Gasteiger partial charge in [-0.2, -0.15) is 0 Å². The highest BCUT2D eigenvalue weighted by atomic mass is 16.7. The summed E-state index contributed by atoms with van der Waals surface area (Å²) in [5, 5.41) is 0. The fraction of sp³-hybridized carbons (Fsp3) is 0.667. The van der Waals surface area contributed by atoms with Crippen LogP contribution in [0.2, 0.25) is 0 Å². The highest BCUT2D eigenvalue weighted by Gasteiger charge is 2.33. The van der Waals surface area contributed by atoms with Crippen molar-refractivity contribution in [3.05, 3.63) is 35.4 Å². The van der Waals surface area contributed by atoms with Gasteiger partial charge in [0.15, 0.2) is 12.6 Å². The van der Waals surface area contributed by atoms with Gasteiger partial charge in [-0.3, -0.25) is 9.59 Å². The van der Waals surface area contributed by atoms with Gasteiger partial charge in [-0.15, -0.1) is 0 Å². The summed E-state index contributed by atoms with van der Waals surface area (Å²) in [6.07, 6.45) is 3.33. The van der Waals surface area contributed by atoms with Gasteiger partial charge >= 0.3 is 0 Å². The van der Waals surface area contributed by atoms with Crippen LogP contribution in [0.25, 0.3) is 0 Å². The van der Waals surface area contributed by atoms with Gasteiger partial charge in [0.25, 0.3) is 11.8 Å². The zero-order valence-corrected chi connectivity index (χ0v) is 18.4. The molecule has 4 aliphatic rings. The van der Waals surface area contributed by atoms with Crippen molar-refractivity contribution in [2.45, 2.75) is 38.3 Å². The van der Waals surface area contributed by atoms with Crippen molar-refractivity contribution in [3.63, 3.8) is 0 Å². The average Bonchev–Trinajstić information content (AvgIpc) is 3.58. The first kappa shape index (κ1) is 21.8. The molecule has 4 aliphatic heterocycles. The fourth-order valence-corrected chi connectivity index (χ4v) is 5.17. The standard InChI is InChI=1S/C24H32N2O6/c27-21(25-9-5-19(6-10-25)23-29-13-14-30-23)17-1-2-18(4-3-17)22(28)26-11-7-20(8-12-26)24-31-15-16-32-24/h1-4,19-20,23-24H,5-16H2. The zero-order valence-electron chi connectivity index (χ0n) is 18.4. The Hall–Kier alpha value is -2.00. The molecular weight excluding hydrogens is 412 g/mol. The number of piperidine rings is 2. The number of carbonyl (C=O) groups is 2. The Morgan fingerprint density at radius 1 is 0.594 bits per heavy atom. The minimum Gasteiger partial charge on any atom is -0.350 e. The number of nitrogens with zero attached hydrogens (tertiary/aromatic N) is 2. The van der Waals surface area contributed by atoms with Crippen molar-refractivity contribution < 1.29 is 28.5 Å². The van der Waals surface area contributed by atoms with Gasteiger partial charge in [0, 0.05) is 49.1 Å². The van der Waals surface area contributed by atoms with Gasteiger partial charge < -0.3 is 28.7 Å². The Labute approximate surface area is 188 Å². The van der Waals surface area contributed by atoms with E-state index in [-0.39, 0.29) is 24.4 Å². The lowest BCUT2D eigenvalue weighted by Gasteiger charge is -2.34. The summed E-state index contributed by atoms with van der Waals surface area (Å²) in [6, 6.07) is 7.10. The number of hydrogen-bond donors (Lipinski definition) is 0. The second-order valence-electron chi connectivity index (χ2n) is 9.06. The third-order valence-corrected chi connectivity index (χ3v) is 7.10. The van der Waals surface area contributed by atoms with E-state index in [2.05, 4.69) is 0 Å².